The Kier molecular flexibility index (Phi) is 4.10. The smallest absolute Gasteiger partial charge is 0.327 e. The third-order valence-corrected chi connectivity index (χ3v) is 3.64. The van der Waals surface area contributed by atoms with Gasteiger partial charge in [0.15, 0.2) is 0 Å². The Bertz CT molecular complexity index is 479. The standard InChI is InChI=1S/C11H13N3O4S/c1-18-9-3-2-7(4-12-9)13-11(17)14-6-19-5-8(14)10(15)16/h2-4,8H,5-6H2,1H3,(H,13,17)(H,15,16)/t8-/m0/s1. The normalized spacial score (nSPS) is 18.2. The Morgan fingerprint density at radius 2 is 2.37 bits per heavy atom. The number of aliphatic carboxylic acids is 1. The second kappa shape index (κ2) is 5.79. The highest BCUT2D eigenvalue weighted by Gasteiger charge is 2.34. The van der Waals surface area contributed by atoms with Crippen LogP contribution in [0.3, 0.4) is 0 Å². The summed E-state index contributed by atoms with van der Waals surface area (Å²) < 4.78 is 4.91. The fourth-order valence-electron chi connectivity index (χ4n) is 1.62. The number of carboxylic acid groups (broad SMARTS) is 1. The summed E-state index contributed by atoms with van der Waals surface area (Å²) in [5.74, 6) is 0.224. The van der Waals surface area contributed by atoms with E-state index >= 15 is 0 Å². The lowest BCUT2D eigenvalue weighted by Crippen LogP contribution is -2.43. The van der Waals surface area contributed by atoms with Crippen LogP contribution in [0.1, 0.15) is 0 Å². The van der Waals surface area contributed by atoms with Crippen molar-refractivity contribution < 1.29 is 19.4 Å². The molecule has 19 heavy (non-hydrogen) atoms. The maximum atomic E-state index is 12.0. The molecule has 0 spiro atoms. The number of urea groups is 1. The number of pyridine rings is 1. The zero-order valence-electron chi connectivity index (χ0n) is 10.2. The first kappa shape index (κ1) is 13.5. The molecule has 1 aliphatic rings. The fourth-order valence-corrected chi connectivity index (χ4v) is 2.76. The maximum absolute atomic E-state index is 12.0. The summed E-state index contributed by atoms with van der Waals surface area (Å²) >= 11 is 1.41. The van der Waals surface area contributed by atoms with Crippen molar-refractivity contribution in [2.45, 2.75) is 6.04 Å². The van der Waals surface area contributed by atoms with Gasteiger partial charge in [-0.1, -0.05) is 0 Å². The van der Waals surface area contributed by atoms with Crippen LogP contribution >= 0.6 is 11.8 Å². The molecule has 102 valence electrons. The lowest BCUT2D eigenvalue weighted by atomic mass is 10.3. The second-order valence-electron chi connectivity index (χ2n) is 3.84. The van der Waals surface area contributed by atoms with Gasteiger partial charge in [0.05, 0.1) is 24.9 Å². The number of methoxy groups -OCH3 is 1. The van der Waals surface area contributed by atoms with Gasteiger partial charge < -0.3 is 20.1 Å². The van der Waals surface area contributed by atoms with E-state index in [2.05, 4.69) is 10.3 Å². The molecule has 0 radical (unpaired) electrons. The number of anilines is 1. The largest absolute Gasteiger partial charge is 0.481 e. The van der Waals surface area contributed by atoms with Crippen molar-refractivity contribution in [3.8, 4) is 5.88 Å². The van der Waals surface area contributed by atoms with Crippen LogP contribution in [0.4, 0.5) is 10.5 Å². The lowest BCUT2D eigenvalue weighted by molar-refractivity contribution is -0.140. The highest BCUT2D eigenvalue weighted by Crippen LogP contribution is 2.22. The molecule has 8 heteroatoms. The van der Waals surface area contributed by atoms with E-state index in [4.69, 9.17) is 9.84 Å². The first-order chi connectivity index (χ1) is 9.11. The average molecular weight is 283 g/mol. The number of ether oxygens (including phenoxy) is 1. The van der Waals surface area contributed by atoms with Gasteiger partial charge in [-0.2, -0.15) is 0 Å². The number of amides is 2. The molecule has 2 amide bonds. The Labute approximate surface area is 113 Å². The summed E-state index contributed by atoms with van der Waals surface area (Å²) in [5, 5.41) is 11.6. The Morgan fingerprint density at radius 1 is 1.58 bits per heavy atom. The van der Waals surface area contributed by atoms with Gasteiger partial charge in [-0.3, -0.25) is 0 Å². The minimum atomic E-state index is -0.993. The summed E-state index contributed by atoms with van der Waals surface area (Å²) in [6, 6.07) is 2.03. The SMILES string of the molecule is COc1ccc(NC(=O)N2CSC[C@H]2C(=O)O)cn1. The van der Waals surface area contributed by atoms with Gasteiger partial charge in [0, 0.05) is 11.8 Å². The van der Waals surface area contributed by atoms with E-state index in [0.717, 1.165) is 0 Å². The molecule has 0 bridgehead atoms. The number of thioether (sulfide) groups is 1. The molecule has 2 rings (SSSR count). The van der Waals surface area contributed by atoms with Gasteiger partial charge >= 0.3 is 12.0 Å². The van der Waals surface area contributed by atoms with Crippen molar-refractivity contribution in [2.24, 2.45) is 0 Å². The molecule has 0 saturated carbocycles. The summed E-state index contributed by atoms with van der Waals surface area (Å²) in [6.07, 6.45) is 1.45. The van der Waals surface area contributed by atoms with E-state index in [1.165, 1.54) is 30.0 Å². The second-order valence-corrected chi connectivity index (χ2v) is 4.84. The van der Waals surface area contributed by atoms with E-state index in [-0.39, 0.29) is 0 Å². The van der Waals surface area contributed by atoms with E-state index in [0.29, 0.717) is 23.2 Å². The summed E-state index contributed by atoms with van der Waals surface area (Å²) in [7, 11) is 1.50. The number of aromatic nitrogens is 1. The molecule has 7 nitrogen and oxygen atoms in total. The number of carboxylic acids is 1. The predicted molar refractivity (Wildman–Crippen MR) is 70.4 cm³/mol. The van der Waals surface area contributed by atoms with E-state index < -0.39 is 18.0 Å². The van der Waals surface area contributed by atoms with Crippen LogP contribution in [-0.2, 0) is 4.79 Å². The molecule has 1 aromatic heterocycles. The quantitative estimate of drug-likeness (QED) is 0.862. The van der Waals surface area contributed by atoms with Gasteiger partial charge in [0.2, 0.25) is 5.88 Å². The van der Waals surface area contributed by atoms with Crippen LogP contribution in [0.2, 0.25) is 0 Å². The number of nitrogens with one attached hydrogen (secondary N) is 1. The van der Waals surface area contributed by atoms with Crippen molar-refractivity contribution in [2.75, 3.05) is 24.1 Å². The van der Waals surface area contributed by atoms with Crippen LogP contribution < -0.4 is 10.1 Å². The Hall–Kier alpha value is -1.96. The zero-order valence-corrected chi connectivity index (χ0v) is 11.0. The van der Waals surface area contributed by atoms with Crippen molar-refractivity contribution in [1.82, 2.24) is 9.88 Å². The average Bonchev–Trinajstić information content (AvgIpc) is 2.89. The number of carbonyl (C=O) groups excluding carboxylic acids is 1. The minimum Gasteiger partial charge on any atom is -0.481 e. The zero-order chi connectivity index (χ0) is 13.8. The van der Waals surface area contributed by atoms with Crippen molar-refractivity contribution in [3.63, 3.8) is 0 Å². The third-order valence-electron chi connectivity index (χ3n) is 2.62. The van der Waals surface area contributed by atoms with Gasteiger partial charge in [-0.15, -0.1) is 11.8 Å². The van der Waals surface area contributed by atoms with E-state index in [1.54, 1.807) is 12.1 Å². The molecule has 0 unspecified atom stereocenters. The molecule has 1 fully saturated rings. The molecule has 1 aliphatic heterocycles. The van der Waals surface area contributed by atoms with Gasteiger partial charge in [0.25, 0.3) is 0 Å². The number of hydrogen-bond acceptors (Lipinski definition) is 5. The molecule has 1 saturated heterocycles. The van der Waals surface area contributed by atoms with Crippen LogP contribution in [0.25, 0.3) is 0 Å². The predicted octanol–water partition coefficient (Wildman–Crippen LogP) is 1.08. The summed E-state index contributed by atoms with van der Waals surface area (Å²) in [6.45, 7) is 0. The Balaban J connectivity index is 2.01. The number of carbonyl (C=O) groups is 2. The molecule has 2 N–H and O–H groups in total. The lowest BCUT2D eigenvalue weighted by Gasteiger charge is -2.20. The highest BCUT2D eigenvalue weighted by molar-refractivity contribution is 7.99. The molecule has 2 heterocycles. The number of hydrogen-bond donors (Lipinski definition) is 2. The number of rotatable bonds is 3. The topological polar surface area (TPSA) is 91.8 Å². The van der Waals surface area contributed by atoms with Crippen molar-refractivity contribution >= 4 is 29.4 Å². The van der Waals surface area contributed by atoms with Gasteiger partial charge in [-0.25, -0.2) is 14.6 Å². The molecule has 0 aromatic carbocycles. The summed E-state index contributed by atoms with van der Waals surface area (Å²) in [4.78, 5) is 28.2. The molecule has 1 aromatic rings. The van der Waals surface area contributed by atoms with E-state index in [9.17, 15) is 9.59 Å². The van der Waals surface area contributed by atoms with Crippen LogP contribution in [-0.4, -0.2) is 51.8 Å². The third kappa shape index (κ3) is 3.08. The minimum absolute atomic E-state index is 0.367. The molecular formula is C11H13N3O4S. The van der Waals surface area contributed by atoms with Crippen LogP contribution in [0.15, 0.2) is 18.3 Å². The monoisotopic (exact) mass is 283 g/mol. The molecule has 0 aliphatic carbocycles. The van der Waals surface area contributed by atoms with E-state index in [1.807, 2.05) is 0 Å². The highest BCUT2D eigenvalue weighted by atomic mass is 32.2. The Morgan fingerprint density at radius 3 is 2.95 bits per heavy atom. The summed E-state index contributed by atoms with van der Waals surface area (Å²) in [5.41, 5.74) is 0.492. The molecule has 1 atom stereocenters. The maximum Gasteiger partial charge on any atom is 0.327 e. The fraction of sp³-hybridized carbons (Fsp3) is 0.364. The van der Waals surface area contributed by atoms with Crippen molar-refractivity contribution in [1.29, 1.82) is 0 Å². The van der Waals surface area contributed by atoms with Gasteiger partial charge in [0.1, 0.15) is 6.04 Å². The number of nitrogens with zero attached hydrogens (tertiary/aromatic N) is 2. The van der Waals surface area contributed by atoms with Crippen molar-refractivity contribution in [3.05, 3.63) is 18.3 Å². The van der Waals surface area contributed by atoms with Crippen LogP contribution in [0, 0.1) is 0 Å². The van der Waals surface area contributed by atoms with Gasteiger partial charge in [-0.05, 0) is 6.07 Å². The first-order valence-electron chi connectivity index (χ1n) is 5.50. The molecular weight excluding hydrogens is 270 g/mol. The van der Waals surface area contributed by atoms with Crippen LogP contribution in [0.5, 0.6) is 5.88 Å². The first-order valence-corrected chi connectivity index (χ1v) is 6.65.